The molecule has 3 rings (SSSR count). The number of hydrogen-bond donors (Lipinski definition) is 2. The Morgan fingerprint density at radius 1 is 1.30 bits per heavy atom. The number of amides is 3. The van der Waals surface area contributed by atoms with E-state index in [9.17, 15) is 14.4 Å². The fourth-order valence-electron chi connectivity index (χ4n) is 2.69. The molecular weight excluding hydrogens is 373 g/mol. The zero-order valence-corrected chi connectivity index (χ0v) is 12.6. The van der Waals surface area contributed by atoms with E-state index in [1.54, 1.807) is 4.90 Å². The Kier molecular flexibility index (Phi) is 3.36. The van der Waals surface area contributed by atoms with Gasteiger partial charge in [-0.25, -0.2) is 0 Å². The van der Waals surface area contributed by atoms with Crippen LogP contribution in [0.1, 0.15) is 28.8 Å². The van der Waals surface area contributed by atoms with E-state index in [2.05, 4.69) is 8.85 Å². The van der Waals surface area contributed by atoms with Gasteiger partial charge in [0.1, 0.15) is 6.04 Å². The molecule has 1 aromatic carbocycles. The summed E-state index contributed by atoms with van der Waals surface area (Å²) in [4.78, 5) is 37.2. The predicted molar refractivity (Wildman–Crippen MR) is 80.1 cm³/mol. The van der Waals surface area contributed by atoms with Crippen molar-refractivity contribution in [3.05, 3.63) is 29.3 Å². The summed E-state index contributed by atoms with van der Waals surface area (Å²) in [6.07, 6.45) is 0.658. The Morgan fingerprint density at radius 3 is 2.80 bits per heavy atom. The number of nitrogens with one attached hydrogen (secondary N) is 2. The Bertz CT molecular complexity index is 617. The maximum absolute atomic E-state index is 12.5. The number of imide groups is 1. The van der Waals surface area contributed by atoms with Gasteiger partial charge in [0.2, 0.25) is 11.8 Å². The first-order valence-electron chi connectivity index (χ1n) is 6.25. The second kappa shape index (κ2) is 5.04. The summed E-state index contributed by atoms with van der Waals surface area (Å²) in [6, 6.07) is 5.03. The molecule has 0 aromatic heterocycles. The first kappa shape index (κ1) is 13.3. The van der Waals surface area contributed by atoms with Crippen LogP contribution < -0.4 is 8.85 Å². The molecule has 7 heteroatoms. The molecule has 3 amide bonds. The minimum Gasteiger partial charge on any atom is -0.328 e. The van der Waals surface area contributed by atoms with Crippen LogP contribution in [0.2, 0.25) is 0 Å². The Morgan fingerprint density at radius 2 is 2.10 bits per heavy atom. The fourth-order valence-corrected chi connectivity index (χ4v) is 3.14. The number of carbonyl (C=O) groups is 3. The first-order valence-corrected chi connectivity index (χ1v) is 7.33. The highest BCUT2D eigenvalue weighted by Crippen LogP contribution is 2.32. The van der Waals surface area contributed by atoms with Crippen molar-refractivity contribution in [2.45, 2.75) is 25.4 Å². The molecule has 2 aliphatic heterocycles. The van der Waals surface area contributed by atoms with Crippen molar-refractivity contribution in [3.8, 4) is 0 Å². The maximum Gasteiger partial charge on any atom is 0.257 e. The molecule has 1 fully saturated rings. The van der Waals surface area contributed by atoms with E-state index in [1.165, 1.54) is 0 Å². The average molecular weight is 385 g/mol. The molecule has 0 bridgehead atoms. The summed E-state index contributed by atoms with van der Waals surface area (Å²) >= 11 is 1.98. The molecule has 2 aliphatic rings. The number of benzene rings is 1. The lowest BCUT2D eigenvalue weighted by Gasteiger charge is -2.29. The number of piperidine rings is 1. The molecule has 2 heterocycles. The molecular formula is C13H12IN3O3. The normalized spacial score (nSPS) is 21.8. The molecule has 0 aliphatic carbocycles. The van der Waals surface area contributed by atoms with E-state index in [0.717, 1.165) is 11.3 Å². The molecule has 104 valence electrons. The molecule has 1 atom stereocenters. The van der Waals surface area contributed by atoms with Gasteiger partial charge >= 0.3 is 0 Å². The summed E-state index contributed by atoms with van der Waals surface area (Å²) < 4.78 is 2.97. The molecule has 1 saturated heterocycles. The third-order valence-electron chi connectivity index (χ3n) is 3.65. The summed E-state index contributed by atoms with van der Waals surface area (Å²) in [6.45, 7) is 0.409. The van der Waals surface area contributed by atoms with Crippen molar-refractivity contribution in [1.82, 2.24) is 10.2 Å². The lowest BCUT2D eigenvalue weighted by atomic mass is 10.0. The van der Waals surface area contributed by atoms with E-state index in [4.69, 9.17) is 0 Å². The Hall–Kier alpha value is -1.64. The van der Waals surface area contributed by atoms with E-state index in [0.29, 0.717) is 18.5 Å². The summed E-state index contributed by atoms with van der Waals surface area (Å²) in [5, 5.41) is 2.29. The van der Waals surface area contributed by atoms with Crippen LogP contribution in [0.3, 0.4) is 0 Å². The van der Waals surface area contributed by atoms with Crippen molar-refractivity contribution < 1.29 is 14.4 Å². The van der Waals surface area contributed by atoms with Crippen molar-refractivity contribution in [2.75, 3.05) is 3.53 Å². The molecule has 0 spiro atoms. The quantitative estimate of drug-likeness (QED) is 0.456. The van der Waals surface area contributed by atoms with Crippen LogP contribution in [0, 0.1) is 0 Å². The number of halogens is 1. The van der Waals surface area contributed by atoms with Gasteiger partial charge in [0.25, 0.3) is 5.91 Å². The number of nitrogens with zero attached hydrogens (tertiary/aromatic N) is 1. The van der Waals surface area contributed by atoms with Gasteiger partial charge in [0.15, 0.2) is 0 Å². The van der Waals surface area contributed by atoms with E-state index in [-0.39, 0.29) is 24.1 Å². The highest BCUT2D eigenvalue weighted by atomic mass is 127. The maximum atomic E-state index is 12.5. The molecule has 0 saturated carbocycles. The van der Waals surface area contributed by atoms with E-state index in [1.807, 2.05) is 41.1 Å². The number of hydrogen-bond acceptors (Lipinski definition) is 4. The van der Waals surface area contributed by atoms with Crippen molar-refractivity contribution in [3.63, 3.8) is 0 Å². The van der Waals surface area contributed by atoms with Gasteiger partial charge in [0.05, 0.1) is 34.1 Å². The first-order chi connectivity index (χ1) is 9.61. The fraction of sp³-hybridized carbons (Fsp3) is 0.308. The van der Waals surface area contributed by atoms with Crippen molar-refractivity contribution in [1.29, 1.82) is 0 Å². The van der Waals surface area contributed by atoms with E-state index < -0.39 is 6.04 Å². The zero-order chi connectivity index (χ0) is 14.3. The van der Waals surface area contributed by atoms with E-state index >= 15 is 0 Å². The van der Waals surface area contributed by atoms with Gasteiger partial charge in [-0.2, -0.15) is 0 Å². The average Bonchev–Trinajstić information content (AvgIpc) is 2.76. The number of rotatable bonds is 2. The predicted octanol–water partition coefficient (Wildman–Crippen LogP) is 1.21. The number of fused-ring (bicyclic) bond motifs is 1. The monoisotopic (exact) mass is 385 g/mol. The van der Waals surface area contributed by atoms with Gasteiger partial charge in [-0.05, 0) is 18.1 Å². The van der Waals surface area contributed by atoms with Crippen LogP contribution in [0.15, 0.2) is 18.2 Å². The van der Waals surface area contributed by atoms with Crippen LogP contribution in [0.25, 0.3) is 0 Å². The Balaban J connectivity index is 1.90. The molecule has 0 radical (unpaired) electrons. The third kappa shape index (κ3) is 2.05. The minimum absolute atomic E-state index is 0.158. The van der Waals surface area contributed by atoms with Crippen molar-refractivity contribution in [2.24, 2.45) is 0 Å². The largest absolute Gasteiger partial charge is 0.328 e. The molecule has 6 nitrogen and oxygen atoms in total. The number of anilines is 1. The topological polar surface area (TPSA) is 78.5 Å². The van der Waals surface area contributed by atoms with Crippen LogP contribution in [0.4, 0.5) is 5.69 Å². The highest BCUT2D eigenvalue weighted by molar-refractivity contribution is 14.1. The van der Waals surface area contributed by atoms with Gasteiger partial charge in [-0.15, -0.1) is 0 Å². The number of carbonyl (C=O) groups excluding carboxylic acids is 3. The zero-order valence-electron chi connectivity index (χ0n) is 10.5. The summed E-state index contributed by atoms with van der Waals surface area (Å²) in [5.41, 5.74) is 2.27. The molecule has 2 N–H and O–H groups in total. The second-order valence-electron chi connectivity index (χ2n) is 4.83. The smallest absolute Gasteiger partial charge is 0.257 e. The molecule has 20 heavy (non-hydrogen) atoms. The standard InChI is InChI=1S/C13H12IN3O3/c14-16-8-3-1-2-7-6-17(13(20)11(7)8)9-4-5-10(18)15-12(9)19/h1-3,9,16H,4-6H2,(H,15,18,19). The van der Waals surface area contributed by atoms with Crippen LogP contribution in [0.5, 0.6) is 0 Å². The SMILES string of the molecule is O=C1CCC(N2Cc3cccc(NI)c3C2=O)C(=O)N1. The van der Waals surface area contributed by atoms with Crippen LogP contribution >= 0.6 is 22.9 Å². The molecule has 1 aromatic rings. The Labute approximate surface area is 129 Å². The summed E-state index contributed by atoms with van der Waals surface area (Å²) in [5.74, 6) is -0.814. The van der Waals surface area contributed by atoms with Gasteiger partial charge in [-0.3, -0.25) is 19.7 Å². The van der Waals surface area contributed by atoms with Gasteiger partial charge in [-0.1, -0.05) is 12.1 Å². The third-order valence-corrected chi connectivity index (χ3v) is 4.24. The summed E-state index contributed by atoms with van der Waals surface area (Å²) in [7, 11) is 0. The van der Waals surface area contributed by atoms with Gasteiger partial charge < -0.3 is 8.43 Å². The minimum atomic E-state index is -0.560. The van der Waals surface area contributed by atoms with Crippen LogP contribution in [-0.2, 0) is 16.1 Å². The van der Waals surface area contributed by atoms with Crippen LogP contribution in [-0.4, -0.2) is 28.7 Å². The lowest BCUT2D eigenvalue weighted by Crippen LogP contribution is -2.52. The lowest BCUT2D eigenvalue weighted by molar-refractivity contribution is -0.136. The van der Waals surface area contributed by atoms with Gasteiger partial charge in [0, 0.05) is 13.0 Å². The van der Waals surface area contributed by atoms with Crippen molar-refractivity contribution >= 4 is 46.3 Å². The highest BCUT2D eigenvalue weighted by Gasteiger charge is 2.39. The second-order valence-corrected chi connectivity index (χ2v) is 5.37. The molecule has 1 unspecified atom stereocenters.